The maximum absolute atomic E-state index is 13.8. The molecule has 15 heavy (non-hydrogen) atoms. The summed E-state index contributed by atoms with van der Waals surface area (Å²) in [6.45, 7) is 1.97. The first kappa shape index (κ1) is 8.66. The standard InChI is InChI=1S/C14H11F/c1-9-8-13(15)12-7-3-5-10-4-2-6-11(9)14(10)12/h2-8,13H,1H3. The van der Waals surface area contributed by atoms with Gasteiger partial charge in [-0.25, -0.2) is 4.39 Å². The monoisotopic (exact) mass is 198 g/mol. The molecule has 0 amide bonds. The van der Waals surface area contributed by atoms with Gasteiger partial charge in [-0.2, -0.15) is 0 Å². The Morgan fingerprint density at radius 2 is 1.80 bits per heavy atom. The van der Waals surface area contributed by atoms with Gasteiger partial charge in [0, 0.05) is 0 Å². The molecule has 0 saturated heterocycles. The second-order valence-corrected chi connectivity index (χ2v) is 4.00. The van der Waals surface area contributed by atoms with Gasteiger partial charge in [-0.05, 0) is 40.5 Å². The zero-order valence-electron chi connectivity index (χ0n) is 8.50. The third-order valence-electron chi connectivity index (χ3n) is 3.06. The van der Waals surface area contributed by atoms with Crippen LogP contribution in [0.15, 0.2) is 42.5 Å². The molecule has 0 heterocycles. The largest absolute Gasteiger partial charge is 0.238 e. The topological polar surface area (TPSA) is 0 Å². The first-order valence-corrected chi connectivity index (χ1v) is 5.12. The Balaban J connectivity index is 2.51. The van der Waals surface area contributed by atoms with Crippen molar-refractivity contribution in [1.82, 2.24) is 0 Å². The van der Waals surface area contributed by atoms with E-state index in [9.17, 15) is 4.39 Å². The lowest BCUT2D eigenvalue weighted by Crippen LogP contribution is -1.99. The fraction of sp³-hybridized carbons (Fsp3) is 0.143. The third-order valence-corrected chi connectivity index (χ3v) is 3.06. The molecule has 1 heteroatoms. The van der Waals surface area contributed by atoms with Crippen molar-refractivity contribution in [1.29, 1.82) is 0 Å². The quantitative estimate of drug-likeness (QED) is 0.593. The van der Waals surface area contributed by atoms with Gasteiger partial charge in [0.25, 0.3) is 0 Å². The summed E-state index contributed by atoms with van der Waals surface area (Å²) in [5, 5.41) is 2.20. The summed E-state index contributed by atoms with van der Waals surface area (Å²) >= 11 is 0. The molecule has 0 spiro atoms. The van der Waals surface area contributed by atoms with Crippen LogP contribution in [0.25, 0.3) is 16.3 Å². The Bertz CT molecular complexity index is 561. The molecule has 2 aromatic carbocycles. The minimum Gasteiger partial charge on any atom is -0.238 e. The second kappa shape index (κ2) is 2.93. The number of benzene rings is 2. The molecule has 0 nitrogen and oxygen atoms in total. The predicted molar refractivity (Wildman–Crippen MR) is 61.4 cm³/mol. The van der Waals surface area contributed by atoms with Crippen LogP contribution in [0.1, 0.15) is 24.2 Å². The molecular formula is C14H11F. The summed E-state index contributed by atoms with van der Waals surface area (Å²) in [6.07, 6.45) is 0.737. The van der Waals surface area contributed by atoms with Crippen molar-refractivity contribution in [3.05, 3.63) is 53.6 Å². The van der Waals surface area contributed by atoms with E-state index in [0.717, 1.165) is 27.5 Å². The molecule has 0 aliphatic heterocycles. The second-order valence-electron chi connectivity index (χ2n) is 4.00. The molecule has 3 rings (SSSR count). The maximum Gasteiger partial charge on any atom is 0.145 e. The normalized spacial score (nSPS) is 19.1. The van der Waals surface area contributed by atoms with Crippen LogP contribution >= 0.6 is 0 Å². The minimum atomic E-state index is -0.955. The lowest BCUT2D eigenvalue weighted by Gasteiger charge is -2.18. The van der Waals surface area contributed by atoms with Crippen molar-refractivity contribution < 1.29 is 4.39 Å². The van der Waals surface area contributed by atoms with Crippen molar-refractivity contribution in [2.75, 3.05) is 0 Å². The van der Waals surface area contributed by atoms with Gasteiger partial charge in [0.15, 0.2) is 0 Å². The van der Waals surface area contributed by atoms with Crippen molar-refractivity contribution in [2.24, 2.45) is 0 Å². The van der Waals surface area contributed by atoms with E-state index < -0.39 is 6.17 Å². The van der Waals surface area contributed by atoms with E-state index >= 15 is 0 Å². The highest BCUT2D eigenvalue weighted by Crippen LogP contribution is 2.38. The number of hydrogen-bond donors (Lipinski definition) is 0. The number of rotatable bonds is 0. The molecular weight excluding hydrogens is 187 g/mol. The zero-order valence-corrected chi connectivity index (χ0v) is 8.50. The van der Waals surface area contributed by atoms with E-state index in [1.807, 2.05) is 37.3 Å². The van der Waals surface area contributed by atoms with Gasteiger partial charge in [0.2, 0.25) is 0 Å². The zero-order chi connectivity index (χ0) is 10.4. The maximum atomic E-state index is 13.8. The van der Waals surface area contributed by atoms with Crippen molar-refractivity contribution >= 4 is 16.3 Å². The average Bonchev–Trinajstić information content (AvgIpc) is 2.25. The molecule has 0 saturated carbocycles. The van der Waals surface area contributed by atoms with Gasteiger partial charge in [0.05, 0.1) is 0 Å². The molecule has 1 unspecified atom stereocenters. The fourth-order valence-corrected chi connectivity index (χ4v) is 2.33. The highest BCUT2D eigenvalue weighted by Gasteiger charge is 2.18. The van der Waals surface area contributed by atoms with Crippen LogP contribution in [0.4, 0.5) is 4.39 Å². The van der Waals surface area contributed by atoms with Crippen LogP contribution in [0.5, 0.6) is 0 Å². The predicted octanol–water partition coefficient (Wildman–Crippen LogP) is 4.27. The Hall–Kier alpha value is -1.63. The Morgan fingerprint density at radius 1 is 1.07 bits per heavy atom. The smallest absolute Gasteiger partial charge is 0.145 e. The van der Waals surface area contributed by atoms with Gasteiger partial charge in [-0.1, -0.05) is 36.4 Å². The summed E-state index contributed by atoms with van der Waals surface area (Å²) in [5.74, 6) is 0. The van der Waals surface area contributed by atoms with Gasteiger partial charge in [-0.15, -0.1) is 0 Å². The molecule has 1 aliphatic rings. The molecule has 0 bridgehead atoms. The fourth-order valence-electron chi connectivity index (χ4n) is 2.33. The van der Waals surface area contributed by atoms with Crippen LogP contribution in [-0.4, -0.2) is 0 Å². The summed E-state index contributed by atoms with van der Waals surface area (Å²) < 4.78 is 13.8. The number of allylic oxidation sites excluding steroid dienone is 2. The van der Waals surface area contributed by atoms with E-state index in [-0.39, 0.29) is 0 Å². The molecule has 0 aromatic heterocycles. The molecule has 74 valence electrons. The van der Waals surface area contributed by atoms with Gasteiger partial charge in [-0.3, -0.25) is 0 Å². The first-order chi connectivity index (χ1) is 7.27. The van der Waals surface area contributed by atoms with E-state index in [2.05, 4.69) is 6.07 Å². The average molecular weight is 198 g/mol. The van der Waals surface area contributed by atoms with Crippen LogP contribution in [0, 0.1) is 0 Å². The summed E-state index contributed by atoms with van der Waals surface area (Å²) in [4.78, 5) is 0. The number of alkyl halides is 1. The van der Waals surface area contributed by atoms with Crippen molar-refractivity contribution in [2.45, 2.75) is 13.1 Å². The van der Waals surface area contributed by atoms with E-state index in [4.69, 9.17) is 0 Å². The van der Waals surface area contributed by atoms with Crippen molar-refractivity contribution in [3.63, 3.8) is 0 Å². The van der Waals surface area contributed by atoms with Crippen LogP contribution in [-0.2, 0) is 0 Å². The summed E-state index contributed by atoms with van der Waals surface area (Å²) in [7, 11) is 0. The van der Waals surface area contributed by atoms with E-state index in [0.29, 0.717) is 0 Å². The molecule has 2 aromatic rings. The molecule has 0 N–H and O–H groups in total. The Morgan fingerprint density at radius 3 is 2.60 bits per heavy atom. The highest BCUT2D eigenvalue weighted by molar-refractivity contribution is 5.98. The molecule has 1 atom stereocenters. The van der Waals surface area contributed by atoms with Gasteiger partial charge >= 0.3 is 0 Å². The Kier molecular flexibility index (Phi) is 1.69. The van der Waals surface area contributed by atoms with Crippen molar-refractivity contribution in [3.8, 4) is 0 Å². The minimum absolute atomic E-state index is 0.800. The number of halogens is 1. The van der Waals surface area contributed by atoms with Crippen LogP contribution in [0.2, 0.25) is 0 Å². The Labute approximate surface area is 88.0 Å². The van der Waals surface area contributed by atoms with Gasteiger partial charge < -0.3 is 0 Å². The highest BCUT2D eigenvalue weighted by atomic mass is 19.1. The SMILES string of the molecule is CC1=CC(F)c2cccc3cccc1c23. The molecule has 0 fully saturated rings. The van der Waals surface area contributed by atoms with E-state index in [1.54, 1.807) is 6.08 Å². The molecule has 1 aliphatic carbocycles. The van der Waals surface area contributed by atoms with Gasteiger partial charge in [0.1, 0.15) is 6.17 Å². The first-order valence-electron chi connectivity index (χ1n) is 5.12. The van der Waals surface area contributed by atoms with E-state index in [1.165, 1.54) is 0 Å². The van der Waals surface area contributed by atoms with Crippen LogP contribution < -0.4 is 0 Å². The van der Waals surface area contributed by atoms with Crippen LogP contribution in [0.3, 0.4) is 0 Å². The third kappa shape index (κ3) is 1.13. The summed E-state index contributed by atoms with van der Waals surface area (Å²) in [6, 6.07) is 11.9. The lowest BCUT2D eigenvalue weighted by atomic mass is 9.88. The lowest BCUT2D eigenvalue weighted by molar-refractivity contribution is 0.416. The number of hydrogen-bond acceptors (Lipinski definition) is 0. The summed E-state index contributed by atoms with van der Waals surface area (Å²) in [5.41, 5.74) is 3.00. The molecule has 0 radical (unpaired) electrons.